The maximum atomic E-state index is 12.3. The molecule has 0 heterocycles. The summed E-state index contributed by atoms with van der Waals surface area (Å²) in [6.07, 6.45) is -4.34. The molecule has 0 aromatic heterocycles. The highest BCUT2D eigenvalue weighted by Crippen LogP contribution is 2.30. The summed E-state index contributed by atoms with van der Waals surface area (Å²) >= 11 is 1.22. The second-order valence-electron chi connectivity index (χ2n) is 2.84. The molecule has 5 heteroatoms. The molecule has 15 heavy (non-hydrogen) atoms. The van der Waals surface area contributed by atoms with Gasteiger partial charge in [0.25, 0.3) is 0 Å². The lowest BCUT2D eigenvalue weighted by Crippen LogP contribution is -2.06. The largest absolute Gasteiger partial charge is 0.416 e. The average molecular weight is 233 g/mol. The lowest BCUT2D eigenvalue weighted by Gasteiger charge is -2.08. The molecule has 1 aromatic carbocycles. The quantitative estimate of drug-likeness (QED) is 0.610. The van der Waals surface area contributed by atoms with Crippen molar-refractivity contribution in [3.05, 3.63) is 35.4 Å². The Labute approximate surface area is 90.2 Å². The van der Waals surface area contributed by atoms with Gasteiger partial charge in [0.05, 0.1) is 10.6 Å². The van der Waals surface area contributed by atoms with Gasteiger partial charge < -0.3 is 0 Å². The molecule has 0 unspecified atom stereocenters. The summed E-state index contributed by atoms with van der Waals surface area (Å²) in [4.78, 5) is 0. The molecule has 1 N–H and O–H groups in total. The van der Waals surface area contributed by atoms with Crippen molar-refractivity contribution < 1.29 is 13.2 Å². The minimum atomic E-state index is -4.34. The van der Waals surface area contributed by atoms with Crippen LogP contribution in [0.4, 0.5) is 13.2 Å². The third-order valence-corrected chi connectivity index (χ3v) is 2.55. The van der Waals surface area contributed by atoms with Crippen LogP contribution in [0.25, 0.3) is 0 Å². The van der Waals surface area contributed by atoms with Crippen molar-refractivity contribution in [2.24, 2.45) is 0 Å². The predicted molar refractivity (Wildman–Crippen MR) is 56.4 cm³/mol. The summed E-state index contributed by atoms with van der Waals surface area (Å²) in [5.41, 5.74) is -0.391. The van der Waals surface area contributed by atoms with Crippen LogP contribution in [0.15, 0.2) is 24.3 Å². The van der Waals surface area contributed by atoms with E-state index >= 15 is 0 Å². The van der Waals surface area contributed by atoms with E-state index in [0.29, 0.717) is 11.3 Å². The van der Waals surface area contributed by atoms with Gasteiger partial charge in [-0.15, -0.1) is 11.8 Å². The highest BCUT2D eigenvalue weighted by Gasteiger charge is 2.30. The molecular weight excluding hydrogens is 223 g/mol. The Morgan fingerprint density at radius 3 is 2.60 bits per heavy atom. The molecule has 0 fully saturated rings. The Hall–Kier alpha value is -0.970. The van der Waals surface area contributed by atoms with E-state index in [1.165, 1.54) is 23.9 Å². The van der Waals surface area contributed by atoms with Crippen molar-refractivity contribution >= 4 is 16.8 Å². The third-order valence-electron chi connectivity index (χ3n) is 1.74. The van der Waals surface area contributed by atoms with Crippen LogP contribution in [-0.4, -0.2) is 10.8 Å². The molecule has 0 bridgehead atoms. The number of thioether (sulfide) groups is 1. The van der Waals surface area contributed by atoms with Crippen molar-refractivity contribution in [2.75, 3.05) is 5.75 Å². The Morgan fingerprint density at radius 2 is 2.07 bits per heavy atom. The van der Waals surface area contributed by atoms with Gasteiger partial charge in [0.2, 0.25) is 0 Å². The van der Waals surface area contributed by atoms with Crippen molar-refractivity contribution in [1.82, 2.24) is 0 Å². The standard InChI is InChI=1S/C10H10F3NS/c1-2-15-9(14)7-4-3-5-8(6-7)10(11,12)13/h3-6,14H,2H2,1H3. The molecule has 0 aliphatic heterocycles. The zero-order chi connectivity index (χ0) is 11.5. The number of hydrogen-bond acceptors (Lipinski definition) is 2. The Morgan fingerprint density at radius 1 is 1.40 bits per heavy atom. The highest BCUT2D eigenvalue weighted by atomic mass is 32.2. The molecule has 1 aromatic rings. The summed E-state index contributed by atoms with van der Waals surface area (Å²) in [6, 6.07) is 4.85. The van der Waals surface area contributed by atoms with Crippen LogP contribution >= 0.6 is 11.8 Å². The fraction of sp³-hybridized carbons (Fsp3) is 0.300. The topological polar surface area (TPSA) is 23.9 Å². The van der Waals surface area contributed by atoms with Crippen LogP contribution < -0.4 is 0 Å². The second-order valence-corrected chi connectivity index (χ2v) is 4.11. The maximum Gasteiger partial charge on any atom is 0.416 e. The van der Waals surface area contributed by atoms with Crippen LogP contribution in [0.2, 0.25) is 0 Å². The fourth-order valence-electron chi connectivity index (χ4n) is 1.06. The van der Waals surface area contributed by atoms with Gasteiger partial charge in [0.15, 0.2) is 0 Å². The molecule has 0 aliphatic carbocycles. The van der Waals surface area contributed by atoms with E-state index in [-0.39, 0.29) is 5.04 Å². The molecular formula is C10H10F3NS. The zero-order valence-corrected chi connectivity index (χ0v) is 8.88. The highest BCUT2D eigenvalue weighted by molar-refractivity contribution is 8.14. The van der Waals surface area contributed by atoms with E-state index < -0.39 is 11.7 Å². The summed E-state index contributed by atoms with van der Waals surface area (Å²) in [5, 5.41) is 7.70. The monoisotopic (exact) mass is 233 g/mol. The third kappa shape index (κ3) is 3.27. The van der Waals surface area contributed by atoms with Gasteiger partial charge in [0.1, 0.15) is 0 Å². The molecule has 0 saturated carbocycles. The summed E-state index contributed by atoms with van der Waals surface area (Å²) in [5.74, 6) is 0.676. The molecule has 1 rings (SSSR count). The van der Waals surface area contributed by atoms with Crippen LogP contribution in [0, 0.1) is 5.41 Å². The lowest BCUT2D eigenvalue weighted by atomic mass is 10.1. The first kappa shape index (κ1) is 12.1. The zero-order valence-electron chi connectivity index (χ0n) is 8.06. The van der Waals surface area contributed by atoms with Gasteiger partial charge in [-0.05, 0) is 17.9 Å². The van der Waals surface area contributed by atoms with Crippen molar-refractivity contribution in [2.45, 2.75) is 13.1 Å². The number of rotatable bonds is 2. The van der Waals surface area contributed by atoms with Gasteiger partial charge in [-0.1, -0.05) is 19.1 Å². The Kier molecular flexibility index (Phi) is 3.79. The second kappa shape index (κ2) is 4.70. The molecule has 0 saturated heterocycles. The van der Waals surface area contributed by atoms with E-state index in [1.807, 2.05) is 6.92 Å². The van der Waals surface area contributed by atoms with E-state index in [1.54, 1.807) is 0 Å². The lowest BCUT2D eigenvalue weighted by molar-refractivity contribution is -0.137. The van der Waals surface area contributed by atoms with E-state index in [9.17, 15) is 13.2 Å². The molecule has 82 valence electrons. The van der Waals surface area contributed by atoms with Crippen molar-refractivity contribution in [1.29, 1.82) is 5.41 Å². The first-order chi connectivity index (χ1) is 6.95. The first-order valence-electron chi connectivity index (χ1n) is 4.34. The van der Waals surface area contributed by atoms with E-state index in [2.05, 4.69) is 0 Å². The minimum absolute atomic E-state index is 0.170. The van der Waals surface area contributed by atoms with Crippen molar-refractivity contribution in [3.63, 3.8) is 0 Å². The number of alkyl halides is 3. The number of hydrogen-bond donors (Lipinski definition) is 1. The molecule has 0 atom stereocenters. The fourth-order valence-corrected chi connectivity index (χ4v) is 1.65. The van der Waals surface area contributed by atoms with Crippen LogP contribution in [0.5, 0.6) is 0 Å². The smallest absolute Gasteiger partial charge is 0.293 e. The summed E-state index contributed by atoms with van der Waals surface area (Å²) in [6.45, 7) is 1.85. The Balaban J connectivity index is 2.98. The van der Waals surface area contributed by atoms with Crippen LogP contribution in [0.3, 0.4) is 0 Å². The SMILES string of the molecule is CCSC(=N)c1cccc(C(F)(F)F)c1. The Bertz CT molecular complexity index is 360. The molecule has 0 radical (unpaired) electrons. The van der Waals surface area contributed by atoms with E-state index in [4.69, 9.17) is 5.41 Å². The summed E-state index contributed by atoms with van der Waals surface area (Å²) in [7, 11) is 0. The van der Waals surface area contributed by atoms with Gasteiger partial charge in [0, 0.05) is 5.56 Å². The van der Waals surface area contributed by atoms with Crippen LogP contribution in [0.1, 0.15) is 18.1 Å². The first-order valence-corrected chi connectivity index (χ1v) is 5.32. The number of nitrogens with one attached hydrogen (secondary N) is 1. The van der Waals surface area contributed by atoms with Gasteiger partial charge >= 0.3 is 6.18 Å². The number of halogens is 3. The summed E-state index contributed by atoms with van der Waals surface area (Å²) < 4.78 is 37.0. The molecule has 1 nitrogen and oxygen atoms in total. The van der Waals surface area contributed by atoms with Gasteiger partial charge in [-0.2, -0.15) is 13.2 Å². The normalized spacial score (nSPS) is 11.5. The molecule has 0 spiro atoms. The minimum Gasteiger partial charge on any atom is -0.293 e. The predicted octanol–water partition coefficient (Wildman–Crippen LogP) is 3.78. The van der Waals surface area contributed by atoms with Crippen LogP contribution in [-0.2, 0) is 6.18 Å². The molecule has 0 amide bonds. The maximum absolute atomic E-state index is 12.3. The molecule has 0 aliphatic rings. The van der Waals surface area contributed by atoms with Gasteiger partial charge in [-0.3, -0.25) is 5.41 Å². The number of benzene rings is 1. The van der Waals surface area contributed by atoms with Crippen molar-refractivity contribution in [3.8, 4) is 0 Å². The van der Waals surface area contributed by atoms with E-state index in [0.717, 1.165) is 12.1 Å². The average Bonchev–Trinajstić information content (AvgIpc) is 2.17. The van der Waals surface area contributed by atoms with Gasteiger partial charge in [-0.25, -0.2) is 0 Å².